The summed E-state index contributed by atoms with van der Waals surface area (Å²) < 4.78 is 0. The number of urea groups is 1. The summed E-state index contributed by atoms with van der Waals surface area (Å²) in [6, 6.07) is 25.6. The highest BCUT2D eigenvalue weighted by molar-refractivity contribution is 5.98. The standard InChI is InChI=1S/C34H41N5O2/c1-24(30-23-35-31-15-8-7-14-29(30)31)32(33(40)36-28-13-9-10-25(22-28)16-19-38(2)3)37-34(41)39-20-17-27(18-21-39)26-11-5-4-6-12-26/h4-15,22-24,27,32,35H,16-21H2,1-3H3,(H,36,40)(H,37,41)/t24-,32+/m0/s1. The van der Waals surface area contributed by atoms with Crippen LogP contribution in [0.2, 0.25) is 0 Å². The number of aromatic amines is 1. The van der Waals surface area contributed by atoms with Crippen LogP contribution in [0.3, 0.4) is 0 Å². The number of para-hydroxylation sites is 1. The summed E-state index contributed by atoms with van der Waals surface area (Å²) >= 11 is 0. The van der Waals surface area contributed by atoms with Gasteiger partial charge in [0, 0.05) is 48.3 Å². The van der Waals surface area contributed by atoms with Gasteiger partial charge in [-0.2, -0.15) is 0 Å². The summed E-state index contributed by atoms with van der Waals surface area (Å²) in [5, 5.41) is 7.28. The Hall–Kier alpha value is -4.10. The van der Waals surface area contributed by atoms with E-state index in [1.807, 2.05) is 60.5 Å². The molecule has 3 N–H and O–H groups in total. The number of hydrogen-bond acceptors (Lipinski definition) is 3. The van der Waals surface area contributed by atoms with Crippen molar-refractivity contribution in [2.24, 2.45) is 0 Å². The summed E-state index contributed by atoms with van der Waals surface area (Å²) in [5.41, 5.74) is 5.23. The number of nitrogens with zero attached hydrogens (tertiary/aromatic N) is 2. The molecule has 2 atom stereocenters. The number of aromatic nitrogens is 1. The summed E-state index contributed by atoms with van der Waals surface area (Å²) in [7, 11) is 4.10. The van der Waals surface area contributed by atoms with Crippen LogP contribution in [0.4, 0.5) is 10.5 Å². The summed E-state index contributed by atoms with van der Waals surface area (Å²) in [6.45, 7) is 4.26. The summed E-state index contributed by atoms with van der Waals surface area (Å²) in [5.74, 6) is -0.0294. The van der Waals surface area contributed by atoms with Crippen molar-refractivity contribution in [1.82, 2.24) is 20.1 Å². The van der Waals surface area contributed by atoms with Crippen molar-refractivity contribution in [3.05, 3.63) is 102 Å². The predicted molar refractivity (Wildman–Crippen MR) is 166 cm³/mol. The largest absolute Gasteiger partial charge is 0.361 e. The Morgan fingerprint density at radius 3 is 2.46 bits per heavy atom. The van der Waals surface area contributed by atoms with Gasteiger partial charge in [0.1, 0.15) is 6.04 Å². The first-order chi connectivity index (χ1) is 19.9. The van der Waals surface area contributed by atoms with Crippen molar-refractivity contribution in [3.63, 3.8) is 0 Å². The fourth-order valence-electron chi connectivity index (χ4n) is 5.81. The third-order valence-electron chi connectivity index (χ3n) is 8.27. The molecule has 3 amide bonds. The number of carbonyl (C=O) groups is 2. The van der Waals surface area contributed by atoms with Crippen molar-refractivity contribution >= 4 is 28.5 Å². The average Bonchev–Trinajstić information content (AvgIpc) is 3.43. The zero-order chi connectivity index (χ0) is 28.8. The minimum absolute atomic E-state index is 0.192. The van der Waals surface area contributed by atoms with E-state index in [0.29, 0.717) is 19.0 Å². The Bertz CT molecular complexity index is 1460. The summed E-state index contributed by atoms with van der Waals surface area (Å²) in [6.07, 6.45) is 4.66. The lowest BCUT2D eigenvalue weighted by molar-refractivity contribution is -0.118. The molecule has 0 saturated carbocycles. The third kappa shape index (κ3) is 6.98. The average molecular weight is 552 g/mol. The zero-order valence-electron chi connectivity index (χ0n) is 24.3. The van der Waals surface area contributed by atoms with E-state index in [0.717, 1.165) is 53.5 Å². The number of amides is 3. The molecule has 0 aliphatic carbocycles. The topological polar surface area (TPSA) is 80.5 Å². The van der Waals surface area contributed by atoms with Crippen LogP contribution in [0.15, 0.2) is 85.1 Å². The molecule has 1 fully saturated rings. The molecule has 7 heteroatoms. The Kier molecular flexibility index (Phi) is 9.04. The number of H-pyrrole nitrogens is 1. The molecule has 0 spiro atoms. The van der Waals surface area contributed by atoms with Crippen molar-refractivity contribution in [3.8, 4) is 0 Å². The maximum absolute atomic E-state index is 13.9. The second kappa shape index (κ2) is 13.0. The number of fused-ring (bicyclic) bond motifs is 1. The van der Waals surface area contributed by atoms with E-state index in [9.17, 15) is 9.59 Å². The number of benzene rings is 3. The third-order valence-corrected chi connectivity index (χ3v) is 8.27. The molecule has 2 heterocycles. The van der Waals surface area contributed by atoms with Gasteiger partial charge < -0.3 is 25.4 Å². The lowest BCUT2D eigenvalue weighted by Crippen LogP contribution is -2.53. The van der Waals surface area contributed by atoms with Gasteiger partial charge in [-0.3, -0.25) is 4.79 Å². The van der Waals surface area contributed by atoms with Gasteiger partial charge in [0.2, 0.25) is 5.91 Å². The van der Waals surface area contributed by atoms with Gasteiger partial charge in [-0.05, 0) is 74.2 Å². The van der Waals surface area contributed by atoms with E-state index in [1.165, 1.54) is 5.56 Å². The highest BCUT2D eigenvalue weighted by Crippen LogP contribution is 2.30. The number of carbonyl (C=O) groups excluding carboxylic acids is 2. The smallest absolute Gasteiger partial charge is 0.318 e. The van der Waals surface area contributed by atoms with E-state index in [4.69, 9.17) is 0 Å². The molecule has 4 aromatic rings. The molecule has 214 valence electrons. The summed E-state index contributed by atoms with van der Waals surface area (Å²) in [4.78, 5) is 34.7. The second-order valence-corrected chi connectivity index (χ2v) is 11.4. The molecule has 5 rings (SSSR count). The van der Waals surface area contributed by atoms with Gasteiger partial charge >= 0.3 is 6.03 Å². The minimum atomic E-state index is -0.751. The number of nitrogens with one attached hydrogen (secondary N) is 3. The number of piperidine rings is 1. The van der Waals surface area contributed by atoms with Crippen LogP contribution in [-0.2, 0) is 11.2 Å². The van der Waals surface area contributed by atoms with Crippen LogP contribution in [0, 0.1) is 0 Å². The van der Waals surface area contributed by atoms with E-state index >= 15 is 0 Å². The van der Waals surface area contributed by atoms with Gasteiger partial charge in [0.05, 0.1) is 0 Å². The molecule has 1 aromatic heterocycles. The van der Waals surface area contributed by atoms with Gasteiger partial charge in [-0.25, -0.2) is 4.79 Å². The molecule has 7 nitrogen and oxygen atoms in total. The van der Waals surface area contributed by atoms with Crippen LogP contribution >= 0.6 is 0 Å². The highest BCUT2D eigenvalue weighted by Gasteiger charge is 2.32. The lowest BCUT2D eigenvalue weighted by Gasteiger charge is -2.34. The molecule has 1 aliphatic heterocycles. The van der Waals surface area contributed by atoms with Crippen molar-refractivity contribution in [1.29, 1.82) is 0 Å². The molecule has 1 saturated heterocycles. The quantitative estimate of drug-likeness (QED) is 0.240. The second-order valence-electron chi connectivity index (χ2n) is 11.4. The van der Waals surface area contributed by atoms with Crippen LogP contribution in [-0.4, -0.2) is 66.5 Å². The monoisotopic (exact) mass is 551 g/mol. The molecular weight excluding hydrogens is 510 g/mol. The maximum Gasteiger partial charge on any atom is 0.318 e. The Morgan fingerprint density at radius 1 is 0.976 bits per heavy atom. The van der Waals surface area contributed by atoms with Crippen LogP contribution in [0.1, 0.15) is 48.3 Å². The predicted octanol–water partition coefficient (Wildman–Crippen LogP) is 5.97. The highest BCUT2D eigenvalue weighted by atomic mass is 16.2. The van der Waals surface area contributed by atoms with E-state index < -0.39 is 6.04 Å². The number of rotatable bonds is 9. The normalized spacial score (nSPS) is 15.6. The Morgan fingerprint density at radius 2 is 1.71 bits per heavy atom. The van der Waals surface area contributed by atoms with Crippen molar-refractivity contribution < 1.29 is 9.59 Å². The van der Waals surface area contributed by atoms with E-state index in [-0.39, 0.29) is 17.9 Å². The molecule has 0 bridgehead atoms. The first kappa shape index (κ1) is 28.4. The van der Waals surface area contributed by atoms with Gasteiger partial charge in [-0.1, -0.05) is 67.6 Å². The molecule has 41 heavy (non-hydrogen) atoms. The molecular formula is C34H41N5O2. The zero-order valence-corrected chi connectivity index (χ0v) is 24.3. The molecule has 3 aromatic carbocycles. The molecule has 0 unspecified atom stereocenters. The first-order valence-corrected chi connectivity index (χ1v) is 14.6. The first-order valence-electron chi connectivity index (χ1n) is 14.6. The number of likely N-dealkylation sites (tertiary alicyclic amines) is 1. The number of anilines is 1. The van der Waals surface area contributed by atoms with Crippen molar-refractivity contribution in [2.45, 2.75) is 44.1 Å². The van der Waals surface area contributed by atoms with Crippen molar-refractivity contribution in [2.75, 3.05) is 39.0 Å². The fraction of sp³-hybridized carbons (Fsp3) is 0.353. The van der Waals surface area contributed by atoms with E-state index in [2.05, 4.69) is 71.0 Å². The van der Waals surface area contributed by atoms with Crippen LogP contribution in [0.5, 0.6) is 0 Å². The van der Waals surface area contributed by atoms with E-state index in [1.54, 1.807) is 0 Å². The van der Waals surface area contributed by atoms with Gasteiger partial charge in [-0.15, -0.1) is 0 Å². The molecule has 1 aliphatic rings. The fourth-order valence-corrected chi connectivity index (χ4v) is 5.81. The van der Waals surface area contributed by atoms with Crippen LogP contribution in [0.25, 0.3) is 10.9 Å². The molecule has 0 radical (unpaired) electrons. The Balaban J connectivity index is 1.32. The SMILES string of the molecule is C[C@@H](c1c[nH]c2ccccc12)[C@@H](NC(=O)N1CCC(c2ccccc2)CC1)C(=O)Nc1cccc(CCN(C)C)c1. The number of likely N-dealkylation sites (N-methyl/N-ethyl adjacent to an activating group) is 1. The van der Waals surface area contributed by atoms with Gasteiger partial charge in [0.15, 0.2) is 0 Å². The van der Waals surface area contributed by atoms with Crippen LogP contribution < -0.4 is 10.6 Å². The Labute approximate surface area is 242 Å². The lowest BCUT2D eigenvalue weighted by atomic mass is 9.89. The number of hydrogen-bond donors (Lipinski definition) is 3. The van der Waals surface area contributed by atoms with Gasteiger partial charge in [0.25, 0.3) is 0 Å². The maximum atomic E-state index is 13.9. The minimum Gasteiger partial charge on any atom is -0.361 e.